The molecule has 4 heteroatoms. The summed E-state index contributed by atoms with van der Waals surface area (Å²) in [4.78, 5) is 15.0. The van der Waals surface area contributed by atoms with Crippen LogP contribution in [0.15, 0.2) is 48.5 Å². The van der Waals surface area contributed by atoms with Gasteiger partial charge in [0, 0.05) is 24.5 Å². The molecule has 0 aliphatic carbocycles. The van der Waals surface area contributed by atoms with E-state index in [1.165, 1.54) is 5.56 Å². The second-order valence-corrected chi connectivity index (χ2v) is 8.56. The highest BCUT2D eigenvalue weighted by Gasteiger charge is 2.30. The van der Waals surface area contributed by atoms with E-state index in [1.807, 2.05) is 36.4 Å². The molecular formula is C24H34N2O2. The zero-order valence-corrected chi connectivity index (χ0v) is 18.3. The molecule has 0 unspecified atom stereocenters. The lowest BCUT2D eigenvalue weighted by Gasteiger charge is -2.26. The molecule has 0 aliphatic rings. The fourth-order valence-electron chi connectivity index (χ4n) is 2.99. The highest BCUT2D eigenvalue weighted by Crippen LogP contribution is 2.26. The zero-order valence-electron chi connectivity index (χ0n) is 18.3. The minimum Gasteiger partial charge on any atom is -0.478 e. The van der Waals surface area contributed by atoms with Gasteiger partial charge < -0.3 is 15.0 Å². The number of benzene rings is 2. The maximum Gasteiger partial charge on any atom is 0.267 e. The molecule has 2 rings (SSSR count). The van der Waals surface area contributed by atoms with Gasteiger partial charge in [-0.1, -0.05) is 32.9 Å². The van der Waals surface area contributed by atoms with E-state index in [-0.39, 0.29) is 11.3 Å². The number of rotatable bonds is 7. The number of nitrogens with one attached hydrogen (secondary N) is 1. The van der Waals surface area contributed by atoms with Crippen LogP contribution in [0.5, 0.6) is 5.75 Å². The molecule has 0 fully saturated rings. The highest BCUT2D eigenvalue weighted by molar-refractivity contribution is 5.97. The third kappa shape index (κ3) is 5.51. The standard InChI is InChI=1S/C24H34N2O2/c1-8-26(9-2)20-14-12-19(13-15-20)25-22(27)24(6,7)28-21-16-10-18(11-17-21)23(3,4)5/h10-17H,8-9H2,1-7H3,(H,25,27). The summed E-state index contributed by atoms with van der Waals surface area (Å²) >= 11 is 0. The molecule has 0 spiro atoms. The molecule has 0 radical (unpaired) electrons. The van der Waals surface area contributed by atoms with E-state index in [4.69, 9.17) is 4.74 Å². The predicted molar refractivity (Wildman–Crippen MR) is 118 cm³/mol. The van der Waals surface area contributed by atoms with Crippen molar-refractivity contribution < 1.29 is 9.53 Å². The van der Waals surface area contributed by atoms with Gasteiger partial charge in [-0.05, 0) is 75.1 Å². The minimum absolute atomic E-state index is 0.0860. The summed E-state index contributed by atoms with van der Waals surface area (Å²) in [5.74, 6) is 0.507. The van der Waals surface area contributed by atoms with Gasteiger partial charge in [0.05, 0.1) is 0 Å². The Hall–Kier alpha value is -2.49. The Bertz CT molecular complexity index is 768. The largest absolute Gasteiger partial charge is 0.478 e. The van der Waals surface area contributed by atoms with Crippen molar-refractivity contribution in [3.63, 3.8) is 0 Å². The minimum atomic E-state index is -0.985. The first-order valence-corrected chi connectivity index (χ1v) is 10.0. The lowest BCUT2D eigenvalue weighted by atomic mass is 9.87. The maximum atomic E-state index is 12.7. The van der Waals surface area contributed by atoms with Crippen LogP contribution >= 0.6 is 0 Å². The molecule has 0 heterocycles. The molecule has 2 aromatic rings. The Labute approximate surface area is 169 Å². The first-order chi connectivity index (χ1) is 13.1. The van der Waals surface area contributed by atoms with Gasteiger partial charge in [-0.3, -0.25) is 4.79 Å². The maximum absolute atomic E-state index is 12.7. The Kier molecular flexibility index (Phi) is 6.76. The van der Waals surface area contributed by atoms with Crippen LogP contribution in [-0.2, 0) is 10.2 Å². The molecule has 0 atom stereocenters. The second kappa shape index (κ2) is 8.68. The summed E-state index contributed by atoms with van der Waals surface area (Å²) < 4.78 is 5.98. The van der Waals surface area contributed by atoms with Crippen molar-refractivity contribution in [2.75, 3.05) is 23.3 Å². The molecular weight excluding hydrogens is 348 g/mol. The topological polar surface area (TPSA) is 41.6 Å². The average molecular weight is 383 g/mol. The van der Waals surface area contributed by atoms with Gasteiger partial charge in [0.25, 0.3) is 5.91 Å². The van der Waals surface area contributed by atoms with Crippen LogP contribution in [0, 0.1) is 0 Å². The lowest BCUT2D eigenvalue weighted by molar-refractivity contribution is -0.128. The van der Waals surface area contributed by atoms with Crippen LogP contribution in [0.3, 0.4) is 0 Å². The normalized spacial score (nSPS) is 11.8. The van der Waals surface area contributed by atoms with E-state index in [1.54, 1.807) is 13.8 Å². The molecule has 0 saturated heterocycles. The van der Waals surface area contributed by atoms with E-state index in [2.05, 4.69) is 57.0 Å². The summed E-state index contributed by atoms with van der Waals surface area (Å²) in [6.45, 7) is 16.3. The van der Waals surface area contributed by atoms with Crippen molar-refractivity contribution in [1.29, 1.82) is 0 Å². The molecule has 2 aromatic carbocycles. The van der Waals surface area contributed by atoms with Gasteiger partial charge >= 0.3 is 0 Å². The van der Waals surface area contributed by atoms with Crippen molar-refractivity contribution in [1.82, 2.24) is 0 Å². The molecule has 0 bridgehead atoms. The van der Waals surface area contributed by atoms with Gasteiger partial charge in [0.1, 0.15) is 5.75 Å². The number of nitrogens with zero attached hydrogens (tertiary/aromatic N) is 1. The first-order valence-electron chi connectivity index (χ1n) is 10.0. The van der Waals surface area contributed by atoms with Crippen molar-refractivity contribution in [3.05, 3.63) is 54.1 Å². The third-order valence-electron chi connectivity index (χ3n) is 4.89. The van der Waals surface area contributed by atoms with E-state index >= 15 is 0 Å². The molecule has 1 amide bonds. The Morgan fingerprint density at radius 3 is 1.89 bits per heavy atom. The van der Waals surface area contributed by atoms with E-state index in [0.717, 1.165) is 24.5 Å². The average Bonchev–Trinajstić information content (AvgIpc) is 2.63. The molecule has 152 valence electrons. The Balaban J connectivity index is 2.04. The lowest BCUT2D eigenvalue weighted by Crippen LogP contribution is -2.42. The molecule has 28 heavy (non-hydrogen) atoms. The fourth-order valence-corrected chi connectivity index (χ4v) is 2.99. The Morgan fingerprint density at radius 1 is 0.893 bits per heavy atom. The summed E-state index contributed by atoms with van der Waals surface area (Å²) in [6.07, 6.45) is 0. The van der Waals surface area contributed by atoms with Crippen LogP contribution in [0.4, 0.5) is 11.4 Å². The van der Waals surface area contributed by atoms with E-state index in [9.17, 15) is 4.79 Å². The summed E-state index contributed by atoms with van der Waals surface area (Å²) in [6, 6.07) is 15.9. The van der Waals surface area contributed by atoms with Crippen LogP contribution in [-0.4, -0.2) is 24.6 Å². The van der Waals surface area contributed by atoms with Crippen molar-refractivity contribution in [2.45, 2.75) is 59.5 Å². The van der Waals surface area contributed by atoms with Crippen molar-refractivity contribution in [3.8, 4) is 5.75 Å². The third-order valence-corrected chi connectivity index (χ3v) is 4.89. The number of amides is 1. The molecule has 0 aromatic heterocycles. The van der Waals surface area contributed by atoms with Gasteiger partial charge in [-0.15, -0.1) is 0 Å². The second-order valence-electron chi connectivity index (χ2n) is 8.56. The van der Waals surface area contributed by atoms with Crippen LogP contribution in [0.2, 0.25) is 0 Å². The van der Waals surface area contributed by atoms with Crippen molar-refractivity contribution >= 4 is 17.3 Å². The smallest absolute Gasteiger partial charge is 0.267 e. The van der Waals surface area contributed by atoms with Crippen LogP contribution in [0.1, 0.15) is 54.0 Å². The molecule has 0 aliphatic heterocycles. The van der Waals surface area contributed by atoms with Crippen LogP contribution in [0.25, 0.3) is 0 Å². The quantitative estimate of drug-likeness (QED) is 0.675. The number of hydrogen-bond acceptors (Lipinski definition) is 3. The molecule has 0 saturated carbocycles. The van der Waals surface area contributed by atoms with Gasteiger partial charge in [0.2, 0.25) is 0 Å². The van der Waals surface area contributed by atoms with E-state index < -0.39 is 5.60 Å². The number of carbonyl (C=O) groups excluding carboxylic acids is 1. The van der Waals surface area contributed by atoms with Gasteiger partial charge in [-0.2, -0.15) is 0 Å². The van der Waals surface area contributed by atoms with Crippen LogP contribution < -0.4 is 15.0 Å². The zero-order chi connectivity index (χ0) is 20.9. The summed E-state index contributed by atoms with van der Waals surface area (Å²) in [5.41, 5.74) is 2.25. The molecule has 1 N–H and O–H groups in total. The number of anilines is 2. The van der Waals surface area contributed by atoms with Gasteiger partial charge in [0.15, 0.2) is 5.60 Å². The first kappa shape index (κ1) is 21.8. The SMILES string of the molecule is CCN(CC)c1ccc(NC(=O)C(C)(C)Oc2ccc(C(C)(C)C)cc2)cc1. The number of hydrogen-bond donors (Lipinski definition) is 1. The monoisotopic (exact) mass is 382 g/mol. The molecule has 4 nitrogen and oxygen atoms in total. The predicted octanol–water partition coefficient (Wildman–Crippen LogP) is 5.63. The van der Waals surface area contributed by atoms with Gasteiger partial charge in [-0.25, -0.2) is 0 Å². The number of ether oxygens (including phenoxy) is 1. The van der Waals surface area contributed by atoms with E-state index in [0.29, 0.717) is 5.75 Å². The summed E-state index contributed by atoms with van der Waals surface area (Å²) in [5, 5.41) is 2.96. The number of carbonyl (C=O) groups is 1. The highest BCUT2D eigenvalue weighted by atomic mass is 16.5. The Morgan fingerprint density at radius 2 is 1.43 bits per heavy atom. The summed E-state index contributed by atoms with van der Waals surface area (Å²) in [7, 11) is 0. The fraction of sp³-hybridized carbons (Fsp3) is 0.458. The van der Waals surface area contributed by atoms with Crippen molar-refractivity contribution in [2.24, 2.45) is 0 Å².